The van der Waals surface area contributed by atoms with E-state index in [2.05, 4.69) is 31.9 Å². The molecular formula is C6H10Br2. The molecule has 0 N–H and O–H groups in total. The Hall–Kier alpha value is 0.960. The quantitative estimate of drug-likeness (QED) is 0.657. The maximum atomic E-state index is 7.51. The van der Waals surface area contributed by atoms with Gasteiger partial charge in [0.05, 0.1) is 0 Å². The van der Waals surface area contributed by atoms with Crippen molar-refractivity contribution in [3.05, 3.63) is 0 Å². The van der Waals surface area contributed by atoms with E-state index in [1.54, 1.807) is 0 Å². The van der Waals surface area contributed by atoms with Crippen molar-refractivity contribution in [2.75, 3.05) is 10.6 Å². The fourth-order valence-corrected chi connectivity index (χ4v) is 1.99. The van der Waals surface area contributed by atoms with Crippen LogP contribution in [0, 0.1) is 5.41 Å². The summed E-state index contributed by atoms with van der Waals surface area (Å²) in [6, 6.07) is 0. The van der Waals surface area contributed by atoms with Crippen LogP contribution in [0.5, 0.6) is 0 Å². The summed E-state index contributed by atoms with van der Waals surface area (Å²) in [5, 5.41) is -3.27. The molecule has 1 aliphatic carbocycles. The van der Waals surface area contributed by atoms with Crippen LogP contribution in [0.25, 0.3) is 0 Å². The number of alkyl halides is 2. The van der Waals surface area contributed by atoms with E-state index in [9.17, 15) is 0 Å². The van der Waals surface area contributed by atoms with Gasteiger partial charge in [-0.05, 0) is 18.3 Å². The summed E-state index contributed by atoms with van der Waals surface area (Å²) in [4.78, 5) is 0. The molecule has 48 valence electrons. The lowest BCUT2D eigenvalue weighted by molar-refractivity contribution is 0.208. The summed E-state index contributed by atoms with van der Waals surface area (Å²) in [7, 11) is 0. The summed E-state index contributed by atoms with van der Waals surface area (Å²) in [6.07, 6.45) is 2.07. The van der Waals surface area contributed by atoms with Crippen LogP contribution >= 0.6 is 31.9 Å². The Balaban J connectivity index is 2.92. The fourth-order valence-electron chi connectivity index (χ4n) is 0.737. The van der Waals surface area contributed by atoms with E-state index < -0.39 is 16.0 Å². The summed E-state index contributed by atoms with van der Waals surface area (Å²) in [5.74, 6) is 0. The summed E-state index contributed by atoms with van der Waals surface area (Å²) < 4.78 is 30.0. The van der Waals surface area contributed by atoms with Crippen molar-refractivity contribution >= 4 is 31.9 Å². The molecule has 0 aromatic heterocycles. The molecule has 1 fully saturated rings. The van der Waals surface area contributed by atoms with Gasteiger partial charge in [0.25, 0.3) is 0 Å². The van der Waals surface area contributed by atoms with Crippen LogP contribution in [0.2, 0.25) is 0 Å². The highest BCUT2D eigenvalue weighted by Gasteiger charge is 2.34. The van der Waals surface area contributed by atoms with E-state index in [1.807, 2.05) is 0 Å². The zero-order valence-electron chi connectivity index (χ0n) is 8.38. The molecule has 0 atom stereocenters. The van der Waals surface area contributed by atoms with E-state index in [1.165, 1.54) is 0 Å². The van der Waals surface area contributed by atoms with E-state index in [-0.39, 0.29) is 0 Å². The van der Waals surface area contributed by atoms with Gasteiger partial charge in [0.1, 0.15) is 0 Å². The minimum Gasteiger partial charge on any atom is -0.0922 e. The summed E-state index contributed by atoms with van der Waals surface area (Å²) in [5.41, 5.74) is -0.903. The molecule has 0 saturated heterocycles. The van der Waals surface area contributed by atoms with Gasteiger partial charge in [-0.25, -0.2) is 0 Å². The van der Waals surface area contributed by atoms with Crippen LogP contribution in [0.3, 0.4) is 0 Å². The monoisotopic (exact) mass is 244 g/mol. The molecule has 8 heavy (non-hydrogen) atoms. The van der Waals surface area contributed by atoms with Gasteiger partial charge in [0.15, 0.2) is 0 Å². The first-order valence-corrected chi connectivity index (χ1v) is 4.17. The van der Waals surface area contributed by atoms with E-state index in [4.69, 9.17) is 5.48 Å². The van der Waals surface area contributed by atoms with Crippen molar-refractivity contribution in [1.82, 2.24) is 0 Å². The molecule has 0 amide bonds. The third kappa shape index (κ3) is 1.10. The highest BCUT2D eigenvalue weighted by atomic mass is 79.9. The Morgan fingerprint density at radius 3 is 1.88 bits per heavy atom. The van der Waals surface area contributed by atoms with Gasteiger partial charge in [-0.1, -0.05) is 38.3 Å². The second kappa shape index (κ2) is 2.70. The average molecular weight is 246 g/mol. The zero-order chi connectivity index (χ0) is 9.62. The van der Waals surface area contributed by atoms with E-state index in [0.717, 1.165) is 6.42 Å². The SMILES string of the molecule is [2H]C([2H])(Br)C1(C([2H])([2H])Br)CCC1. The van der Waals surface area contributed by atoms with Crippen LogP contribution in [-0.2, 0) is 0 Å². The Morgan fingerprint density at radius 2 is 1.88 bits per heavy atom. The number of hydrogen-bond acceptors (Lipinski definition) is 0. The Morgan fingerprint density at radius 1 is 1.38 bits per heavy atom. The molecule has 0 nitrogen and oxygen atoms in total. The molecule has 0 bridgehead atoms. The molecule has 0 unspecified atom stereocenters. The van der Waals surface area contributed by atoms with Gasteiger partial charge in [-0.3, -0.25) is 0 Å². The molecule has 0 aliphatic heterocycles. The second-order valence-electron chi connectivity index (χ2n) is 2.12. The molecule has 1 rings (SSSR count). The largest absolute Gasteiger partial charge is 0.0922 e. The minimum atomic E-state index is -1.63. The number of halogens is 2. The Kier molecular flexibility index (Phi) is 1.14. The molecule has 0 heterocycles. The predicted molar refractivity (Wildman–Crippen MR) is 43.9 cm³/mol. The van der Waals surface area contributed by atoms with Gasteiger partial charge < -0.3 is 0 Å². The van der Waals surface area contributed by atoms with Crippen LogP contribution in [0.1, 0.15) is 24.7 Å². The van der Waals surface area contributed by atoms with Gasteiger partial charge in [0.2, 0.25) is 0 Å². The molecule has 0 aromatic rings. The first-order chi connectivity index (χ1) is 5.21. The van der Waals surface area contributed by atoms with Crippen LogP contribution in [0.4, 0.5) is 0 Å². The van der Waals surface area contributed by atoms with Crippen molar-refractivity contribution in [3.8, 4) is 0 Å². The van der Waals surface area contributed by atoms with Crippen LogP contribution < -0.4 is 0 Å². The predicted octanol–water partition coefficient (Wildman–Crippen LogP) is 2.95. The van der Waals surface area contributed by atoms with Gasteiger partial charge in [0, 0.05) is 16.0 Å². The summed E-state index contributed by atoms with van der Waals surface area (Å²) >= 11 is 5.82. The average Bonchev–Trinajstić information content (AvgIpc) is 1.47. The first-order valence-electron chi connectivity index (χ1n) is 4.59. The van der Waals surface area contributed by atoms with Crippen LogP contribution in [-0.4, -0.2) is 10.6 Å². The van der Waals surface area contributed by atoms with Crippen LogP contribution in [0.15, 0.2) is 0 Å². The lowest BCUT2D eigenvalue weighted by Gasteiger charge is -2.38. The number of rotatable bonds is 2. The van der Waals surface area contributed by atoms with E-state index in [0.29, 0.717) is 12.8 Å². The van der Waals surface area contributed by atoms with Crippen molar-refractivity contribution in [3.63, 3.8) is 0 Å². The van der Waals surface area contributed by atoms with Crippen molar-refractivity contribution in [2.45, 2.75) is 19.3 Å². The standard InChI is InChI=1S/C6H10Br2/c7-4-6(5-8)2-1-3-6/h1-5H2/i4D2,5D2. The minimum absolute atomic E-state index is 0.587. The molecule has 0 spiro atoms. The van der Waals surface area contributed by atoms with Crippen molar-refractivity contribution < 1.29 is 5.48 Å². The van der Waals surface area contributed by atoms with Crippen molar-refractivity contribution in [1.29, 1.82) is 0 Å². The molecule has 0 radical (unpaired) electrons. The van der Waals surface area contributed by atoms with Gasteiger partial charge in [-0.15, -0.1) is 0 Å². The highest BCUT2D eigenvalue weighted by Crippen LogP contribution is 2.43. The zero-order valence-corrected chi connectivity index (χ0v) is 7.55. The van der Waals surface area contributed by atoms with Gasteiger partial charge in [-0.2, -0.15) is 0 Å². The highest BCUT2D eigenvalue weighted by molar-refractivity contribution is 9.09. The summed E-state index contributed by atoms with van der Waals surface area (Å²) in [6.45, 7) is 0. The molecule has 2 heteroatoms. The lowest BCUT2D eigenvalue weighted by atomic mass is 9.72. The third-order valence-corrected chi connectivity index (χ3v) is 3.09. The third-order valence-electron chi connectivity index (χ3n) is 1.57. The maximum Gasteiger partial charge on any atom is 0.0393 e. The number of hydrogen-bond donors (Lipinski definition) is 0. The molecule has 1 aliphatic rings. The topological polar surface area (TPSA) is 0 Å². The molecule has 0 aromatic carbocycles. The fraction of sp³-hybridized carbons (Fsp3) is 1.00. The maximum absolute atomic E-state index is 7.51. The Labute approximate surface area is 72.9 Å². The molecular weight excluding hydrogens is 232 g/mol. The Bertz CT molecular complexity index is 161. The smallest absolute Gasteiger partial charge is 0.0393 e. The van der Waals surface area contributed by atoms with Crippen molar-refractivity contribution in [2.24, 2.45) is 5.41 Å². The molecule has 1 saturated carbocycles. The second-order valence-corrected chi connectivity index (χ2v) is 2.92. The van der Waals surface area contributed by atoms with E-state index >= 15 is 0 Å². The van der Waals surface area contributed by atoms with Gasteiger partial charge >= 0.3 is 0 Å². The lowest BCUT2D eigenvalue weighted by Crippen LogP contribution is -2.32. The first kappa shape index (κ1) is 3.38. The normalized spacial score (nSPS) is 35.8.